The first kappa shape index (κ1) is 7.75. The van der Waals surface area contributed by atoms with Crippen LogP contribution in [0.25, 0.3) is 0 Å². The quantitative estimate of drug-likeness (QED) is 0.647. The summed E-state index contributed by atoms with van der Waals surface area (Å²) in [5.74, 6) is 0. The number of hydrogen-bond acceptors (Lipinski definition) is 1. The topological polar surface area (TPSA) is 40.5 Å². The van der Waals surface area contributed by atoms with E-state index < -0.39 is 6.09 Å². The van der Waals surface area contributed by atoms with Crippen molar-refractivity contribution in [2.75, 3.05) is 18.9 Å². The van der Waals surface area contributed by atoms with Crippen LogP contribution >= 0.6 is 15.9 Å². The van der Waals surface area contributed by atoms with Gasteiger partial charge in [0.05, 0.1) is 0 Å². The van der Waals surface area contributed by atoms with Crippen molar-refractivity contribution in [3.8, 4) is 0 Å². The maximum Gasteiger partial charge on any atom is 0.407 e. The van der Waals surface area contributed by atoms with Gasteiger partial charge in [0.1, 0.15) is 0 Å². The largest absolute Gasteiger partial charge is 0.465 e. The lowest BCUT2D eigenvalue weighted by Gasteiger charge is -2.08. The van der Waals surface area contributed by atoms with E-state index in [2.05, 4.69) is 15.9 Å². The van der Waals surface area contributed by atoms with E-state index in [1.165, 1.54) is 11.9 Å². The highest BCUT2D eigenvalue weighted by atomic mass is 79.9. The summed E-state index contributed by atoms with van der Waals surface area (Å²) < 4.78 is 0. The Kier molecular flexibility index (Phi) is 3.60. The zero-order chi connectivity index (χ0) is 6.57. The third kappa shape index (κ3) is 2.85. The van der Waals surface area contributed by atoms with Gasteiger partial charge in [-0.2, -0.15) is 0 Å². The van der Waals surface area contributed by atoms with Crippen LogP contribution in [0.2, 0.25) is 0 Å². The van der Waals surface area contributed by atoms with E-state index in [9.17, 15) is 4.79 Å². The Morgan fingerprint density at radius 3 is 2.50 bits per heavy atom. The van der Waals surface area contributed by atoms with Gasteiger partial charge in [-0.3, -0.25) is 0 Å². The van der Waals surface area contributed by atoms with E-state index in [4.69, 9.17) is 5.11 Å². The maximum atomic E-state index is 9.99. The van der Waals surface area contributed by atoms with Crippen LogP contribution < -0.4 is 0 Å². The Labute approximate surface area is 56.4 Å². The normalized spacial score (nSPS) is 8.75. The lowest BCUT2D eigenvalue weighted by atomic mass is 10.7. The molecule has 0 aliphatic heterocycles. The minimum absolute atomic E-state index is 0.537. The van der Waals surface area contributed by atoms with Crippen molar-refractivity contribution < 1.29 is 9.90 Å². The summed E-state index contributed by atoms with van der Waals surface area (Å²) >= 11 is 3.11. The number of carbonyl (C=O) groups is 1. The average Bonchev–Trinajstić information content (AvgIpc) is 1.67. The van der Waals surface area contributed by atoms with Gasteiger partial charge in [0.2, 0.25) is 0 Å². The number of amides is 1. The summed E-state index contributed by atoms with van der Waals surface area (Å²) in [5.41, 5.74) is 0. The Morgan fingerprint density at radius 1 is 1.88 bits per heavy atom. The first-order valence-electron chi connectivity index (χ1n) is 2.18. The highest BCUT2D eigenvalue weighted by molar-refractivity contribution is 9.09. The highest BCUT2D eigenvalue weighted by Gasteiger charge is 2.00. The van der Waals surface area contributed by atoms with Gasteiger partial charge >= 0.3 is 6.09 Å². The fourth-order valence-corrected chi connectivity index (χ4v) is 0.754. The summed E-state index contributed by atoms with van der Waals surface area (Å²) in [5, 5.41) is 8.91. The lowest BCUT2D eigenvalue weighted by molar-refractivity contribution is 0.158. The summed E-state index contributed by atoms with van der Waals surface area (Å²) in [4.78, 5) is 11.2. The molecule has 4 heteroatoms. The standard InChI is InChI=1S/C4H8BrNO2/c1-6(3-2-5)4(7)8/h2-3H2,1H3,(H,7,8). The van der Waals surface area contributed by atoms with Crippen LogP contribution in [-0.4, -0.2) is 35.0 Å². The molecule has 0 rings (SSSR count). The van der Waals surface area contributed by atoms with E-state index in [1.807, 2.05) is 0 Å². The number of rotatable bonds is 2. The fourth-order valence-electron chi connectivity index (χ4n) is 0.222. The van der Waals surface area contributed by atoms with Crippen molar-refractivity contribution in [2.24, 2.45) is 0 Å². The molecule has 0 radical (unpaired) electrons. The van der Waals surface area contributed by atoms with Gasteiger partial charge in [-0.25, -0.2) is 4.79 Å². The molecule has 0 spiro atoms. The minimum atomic E-state index is -0.885. The Bertz CT molecular complexity index is 86.1. The average molecular weight is 182 g/mol. The maximum absolute atomic E-state index is 9.99. The van der Waals surface area contributed by atoms with Gasteiger partial charge in [-0.05, 0) is 0 Å². The summed E-state index contributed by atoms with van der Waals surface area (Å²) in [6.45, 7) is 0.537. The second kappa shape index (κ2) is 3.72. The van der Waals surface area contributed by atoms with Crippen molar-refractivity contribution in [3.05, 3.63) is 0 Å². The molecule has 1 N–H and O–H groups in total. The molecule has 0 heterocycles. The summed E-state index contributed by atoms with van der Waals surface area (Å²) in [6, 6.07) is 0. The number of alkyl halides is 1. The molecule has 8 heavy (non-hydrogen) atoms. The molecule has 0 atom stereocenters. The fraction of sp³-hybridized carbons (Fsp3) is 0.750. The molecule has 0 bridgehead atoms. The summed E-state index contributed by atoms with van der Waals surface area (Å²) in [6.07, 6.45) is -0.885. The Morgan fingerprint density at radius 2 is 2.38 bits per heavy atom. The zero-order valence-corrected chi connectivity index (χ0v) is 6.18. The van der Waals surface area contributed by atoms with Crippen LogP contribution in [0.4, 0.5) is 4.79 Å². The SMILES string of the molecule is CN(CCBr)C(=O)O. The van der Waals surface area contributed by atoms with Crippen molar-refractivity contribution >= 4 is 22.0 Å². The molecule has 0 aliphatic carbocycles. The lowest BCUT2D eigenvalue weighted by Crippen LogP contribution is -2.26. The van der Waals surface area contributed by atoms with Crippen LogP contribution in [0.15, 0.2) is 0 Å². The molecule has 0 saturated carbocycles. The predicted molar refractivity (Wildman–Crippen MR) is 34.4 cm³/mol. The second-order valence-corrected chi connectivity index (χ2v) is 2.19. The van der Waals surface area contributed by atoms with E-state index in [-0.39, 0.29) is 0 Å². The molecular formula is C4H8BrNO2. The van der Waals surface area contributed by atoms with Crippen molar-refractivity contribution in [1.82, 2.24) is 4.90 Å². The van der Waals surface area contributed by atoms with Crippen molar-refractivity contribution in [3.63, 3.8) is 0 Å². The molecule has 0 fully saturated rings. The molecule has 3 nitrogen and oxygen atoms in total. The monoisotopic (exact) mass is 181 g/mol. The molecule has 0 unspecified atom stereocenters. The van der Waals surface area contributed by atoms with Crippen LogP contribution in [0, 0.1) is 0 Å². The van der Waals surface area contributed by atoms with Crippen LogP contribution in [0.3, 0.4) is 0 Å². The smallest absolute Gasteiger partial charge is 0.407 e. The van der Waals surface area contributed by atoms with E-state index in [0.29, 0.717) is 11.9 Å². The van der Waals surface area contributed by atoms with Gasteiger partial charge in [0, 0.05) is 18.9 Å². The molecule has 0 aromatic heterocycles. The van der Waals surface area contributed by atoms with Crippen LogP contribution in [-0.2, 0) is 0 Å². The van der Waals surface area contributed by atoms with Gasteiger partial charge in [-0.15, -0.1) is 0 Å². The Balaban J connectivity index is 3.32. The van der Waals surface area contributed by atoms with Gasteiger partial charge < -0.3 is 10.0 Å². The van der Waals surface area contributed by atoms with Crippen LogP contribution in [0.1, 0.15) is 0 Å². The molecule has 0 aromatic rings. The molecular weight excluding hydrogens is 174 g/mol. The first-order chi connectivity index (χ1) is 3.68. The van der Waals surface area contributed by atoms with Gasteiger partial charge in [-0.1, -0.05) is 15.9 Å². The van der Waals surface area contributed by atoms with Gasteiger partial charge in [0.15, 0.2) is 0 Å². The predicted octanol–water partition coefficient (Wildman–Crippen LogP) is 0.991. The molecule has 1 amide bonds. The molecule has 0 aromatic carbocycles. The third-order valence-electron chi connectivity index (χ3n) is 0.746. The minimum Gasteiger partial charge on any atom is -0.465 e. The van der Waals surface area contributed by atoms with Crippen LogP contribution in [0.5, 0.6) is 0 Å². The number of hydrogen-bond donors (Lipinski definition) is 1. The highest BCUT2D eigenvalue weighted by Crippen LogP contribution is 1.85. The number of carboxylic acid groups (broad SMARTS) is 1. The molecule has 0 saturated heterocycles. The van der Waals surface area contributed by atoms with Gasteiger partial charge in [0.25, 0.3) is 0 Å². The van der Waals surface area contributed by atoms with Crippen molar-refractivity contribution in [2.45, 2.75) is 0 Å². The second-order valence-electron chi connectivity index (χ2n) is 1.39. The van der Waals surface area contributed by atoms with E-state index >= 15 is 0 Å². The molecule has 48 valence electrons. The van der Waals surface area contributed by atoms with E-state index in [0.717, 1.165) is 0 Å². The summed E-state index contributed by atoms with van der Waals surface area (Å²) in [7, 11) is 1.53. The number of halogens is 1. The number of nitrogens with zero attached hydrogens (tertiary/aromatic N) is 1. The third-order valence-corrected chi connectivity index (χ3v) is 1.10. The Hall–Kier alpha value is -0.250. The zero-order valence-electron chi connectivity index (χ0n) is 4.59. The molecule has 0 aliphatic rings. The van der Waals surface area contributed by atoms with E-state index in [1.54, 1.807) is 0 Å². The first-order valence-corrected chi connectivity index (χ1v) is 3.30. The van der Waals surface area contributed by atoms with Crippen molar-refractivity contribution in [1.29, 1.82) is 0 Å².